The Hall–Kier alpha value is -1.73. The summed E-state index contributed by atoms with van der Waals surface area (Å²) in [6, 6.07) is 8.62. The number of rotatable bonds is 3. The number of hydrogen-bond donors (Lipinski definition) is 0. The molecule has 0 spiro atoms. The van der Waals surface area contributed by atoms with E-state index in [0.717, 1.165) is 4.31 Å². The zero-order valence-electron chi connectivity index (χ0n) is 13.1. The average molecular weight is 398 g/mol. The Kier molecular flexibility index (Phi) is 4.72. The molecule has 1 atom stereocenters. The van der Waals surface area contributed by atoms with Gasteiger partial charge in [0.15, 0.2) is 17.6 Å². The van der Waals surface area contributed by atoms with Crippen molar-refractivity contribution in [3.8, 4) is 0 Å². The molecule has 1 unspecified atom stereocenters. The molecule has 1 heterocycles. The number of fused-ring (bicyclic) bond motifs is 1. The summed E-state index contributed by atoms with van der Waals surface area (Å²) in [6.07, 6.45) is 0. The fraction of sp³-hybridized carbons (Fsp3) is 0.176. The Bertz CT molecular complexity index is 988. The van der Waals surface area contributed by atoms with Gasteiger partial charge >= 0.3 is 0 Å². The first-order chi connectivity index (χ1) is 11.8. The molecule has 3 rings (SSSR count). The molecule has 25 heavy (non-hydrogen) atoms. The number of halogens is 2. The standard InChI is InChI=1S/C17H13Cl2NO4S/c1-2-20-15(16(21)10-7-8-12(18)13(19)9-10)17(22)11-5-3-4-6-14(11)25(20,23)24/h3-9,15H,2H2,1H3. The minimum absolute atomic E-state index is 0.0138. The van der Waals surface area contributed by atoms with Gasteiger partial charge in [0.25, 0.3) is 0 Å². The fourth-order valence-electron chi connectivity index (χ4n) is 2.85. The maximum atomic E-state index is 12.9. The van der Waals surface area contributed by atoms with Gasteiger partial charge in [-0.15, -0.1) is 0 Å². The highest BCUT2D eigenvalue weighted by atomic mass is 35.5. The van der Waals surface area contributed by atoms with Crippen molar-refractivity contribution in [3.05, 3.63) is 63.6 Å². The summed E-state index contributed by atoms with van der Waals surface area (Å²) < 4.78 is 26.6. The summed E-state index contributed by atoms with van der Waals surface area (Å²) in [6.45, 7) is 1.56. The minimum Gasteiger partial charge on any atom is -0.292 e. The lowest BCUT2D eigenvalue weighted by Crippen LogP contribution is -2.53. The van der Waals surface area contributed by atoms with E-state index < -0.39 is 27.6 Å². The van der Waals surface area contributed by atoms with Crippen LogP contribution in [0.4, 0.5) is 0 Å². The van der Waals surface area contributed by atoms with Crippen LogP contribution in [-0.2, 0) is 10.0 Å². The maximum Gasteiger partial charge on any atom is 0.244 e. The Balaban J connectivity index is 2.16. The summed E-state index contributed by atoms with van der Waals surface area (Å²) in [7, 11) is -3.95. The molecule has 0 saturated carbocycles. The highest BCUT2D eigenvalue weighted by Crippen LogP contribution is 2.32. The van der Waals surface area contributed by atoms with Gasteiger partial charge in [-0.2, -0.15) is 4.31 Å². The quantitative estimate of drug-likeness (QED) is 0.587. The number of benzene rings is 2. The molecule has 0 aliphatic carbocycles. The second kappa shape index (κ2) is 6.53. The molecule has 0 aromatic heterocycles. The van der Waals surface area contributed by atoms with E-state index in [2.05, 4.69) is 0 Å². The van der Waals surface area contributed by atoms with Gasteiger partial charge in [0.05, 0.1) is 14.9 Å². The first-order valence-corrected chi connectivity index (χ1v) is 9.63. The van der Waals surface area contributed by atoms with Crippen molar-refractivity contribution >= 4 is 44.8 Å². The zero-order chi connectivity index (χ0) is 18.4. The topological polar surface area (TPSA) is 71.5 Å². The predicted molar refractivity (Wildman–Crippen MR) is 94.9 cm³/mol. The van der Waals surface area contributed by atoms with Gasteiger partial charge in [-0.3, -0.25) is 9.59 Å². The first kappa shape index (κ1) is 18.1. The van der Waals surface area contributed by atoms with Crippen molar-refractivity contribution in [3.63, 3.8) is 0 Å². The average Bonchev–Trinajstić information content (AvgIpc) is 2.59. The molecule has 5 nitrogen and oxygen atoms in total. The molecule has 0 amide bonds. The van der Waals surface area contributed by atoms with Gasteiger partial charge in [-0.05, 0) is 30.3 Å². The molecular weight excluding hydrogens is 385 g/mol. The third kappa shape index (κ3) is 2.89. The number of hydrogen-bond acceptors (Lipinski definition) is 4. The van der Waals surface area contributed by atoms with Crippen LogP contribution in [0.1, 0.15) is 27.6 Å². The van der Waals surface area contributed by atoms with Crippen LogP contribution < -0.4 is 0 Å². The lowest BCUT2D eigenvalue weighted by Gasteiger charge is -2.33. The van der Waals surface area contributed by atoms with Crippen LogP contribution in [0.15, 0.2) is 47.4 Å². The molecule has 0 radical (unpaired) electrons. The molecule has 2 aromatic carbocycles. The predicted octanol–water partition coefficient (Wildman–Crippen LogP) is 3.45. The van der Waals surface area contributed by atoms with Crippen LogP contribution >= 0.6 is 23.2 Å². The lowest BCUT2D eigenvalue weighted by molar-refractivity contribution is 0.0771. The minimum atomic E-state index is -3.95. The monoisotopic (exact) mass is 397 g/mol. The van der Waals surface area contributed by atoms with Gasteiger partial charge < -0.3 is 0 Å². The third-order valence-electron chi connectivity index (χ3n) is 4.04. The van der Waals surface area contributed by atoms with Crippen LogP contribution in [-0.4, -0.2) is 36.9 Å². The Labute approximate surface area is 155 Å². The van der Waals surface area contributed by atoms with Gasteiger partial charge in [0.2, 0.25) is 10.0 Å². The van der Waals surface area contributed by atoms with Crippen LogP contribution in [0.2, 0.25) is 10.0 Å². The van der Waals surface area contributed by atoms with E-state index in [1.165, 1.54) is 30.3 Å². The highest BCUT2D eigenvalue weighted by Gasteiger charge is 2.46. The number of Topliss-reactive ketones (excluding diaryl/α,β-unsaturated/α-hetero) is 2. The maximum absolute atomic E-state index is 12.9. The largest absolute Gasteiger partial charge is 0.292 e. The first-order valence-electron chi connectivity index (χ1n) is 7.43. The summed E-state index contributed by atoms with van der Waals surface area (Å²) in [5, 5.41) is 0.417. The second-order valence-corrected chi connectivity index (χ2v) is 8.14. The van der Waals surface area contributed by atoms with Gasteiger partial charge in [-0.25, -0.2) is 8.42 Å². The summed E-state index contributed by atoms with van der Waals surface area (Å²) in [5.41, 5.74) is 0.145. The molecule has 130 valence electrons. The van der Waals surface area contributed by atoms with E-state index in [-0.39, 0.29) is 32.6 Å². The van der Waals surface area contributed by atoms with Gasteiger partial charge in [0, 0.05) is 17.7 Å². The molecule has 0 N–H and O–H groups in total. The molecule has 1 aliphatic heterocycles. The molecule has 0 saturated heterocycles. The Morgan fingerprint density at radius 3 is 2.44 bits per heavy atom. The number of ketones is 2. The van der Waals surface area contributed by atoms with Crippen molar-refractivity contribution in [2.24, 2.45) is 0 Å². The third-order valence-corrected chi connectivity index (χ3v) is 6.78. The van der Waals surface area contributed by atoms with Crippen LogP contribution in [0.3, 0.4) is 0 Å². The summed E-state index contributed by atoms with van der Waals surface area (Å²) >= 11 is 11.8. The number of nitrogens with zero attached hydrogens (tertiary/aromatic N) is 1. The fourth-order valence-corrected chi connectivity index (χ4v) is 4.90. The SMILES string of the molecule is CCN1C(C(=O)c2ccc(Cl)c(Cl)c2)C(=O)c2ccccc2S1(=O)=O. The van der Waals surface area contributed by atoms with E-state index >= 15 is 0 Å². The molecule has 1 aliphatic rings. The lowest BCUT2D eigenvalue weighted by atomic mass is 9.96. The number of carbonyl (C=O) groups excluding carboxylic acids is 2. The second-order valence-electron chi connectivity index (χ2n) is 5.46. The Morgan fingerprint density at radius 1 is 1.12 bits per heavy atom. The van der Waals surface area contributed by atoms with Crippen LogP contribution in [0.5, 0.6) is 0 Å². The van der Waals surface area contributed by atoms with Crippen molar-refractivity contribution < 1.29 is 18.0 Å². The normalized spacial score (nSPS) is 19.5. The molecule has 2 aromatic rings. The van der Waals surface area contributed by atoms with E-state index in [9.17, 15) is 18.0 Å². The van der Waals surface area contributed by atoms with Crippen molar-refractivity contribution in [1.82, 2.24) is 4.31 Å². The van der Waals surface area contributed by atoms with Crippen LogP contribution in [0.25, 0.3) is 0 Å². The smallest absolute Gasteiger partial charge is 0.244 e. The highest BCUT2D eigenvalue weighted by molar-refractivity contribution is 7.89. The van der Waals surface area contributed by atoms with Crippen molar-refractivity contribution in [1.29, 1.82) is 0 Å². The van der Waals surface area contributed by atoms with Gasteiger partial charge in [0.1, 0.15) is 0 Å². The summed E-state index contributed by atoms with van der Waals surface area (Å²) in [4.78, 5) is 25.7. The molecule has 0 bridgehead atoms. The number of carbonyl (C=O) groups is 2. The van der Waals surface area contributed by atoms with Crippen molar-refractivity contribution in [2.75, 3.05) is 6.54 Å². The zero-order valence-corrected chi connectivity index (χ0v) is 15.4. The van der Waals surface area contributed by atoms with Crippen molar-refractivity contribution in [2.45, 2.75) is 17.9 Å². The van der Waals surface area contributed by atoms with E-state index in [1.54, 1.807) is 19.1 Å². The van der Waals surface area contributed by atoms with Gasteiger partial charge in [-0.1, -0.05) is 42.3 Å². The molecular formula is C17H13Cl2NO4S. The Morgan fingerprint density at radius 2 is 1.80 bits per heavy atom. The van der Waals surface area contributed by atoms with E-state index in [0.29, 0.717) is 0 Å². The summed E-state index contributed by atoms with van der Waals surface area (Å²) in [5.74, 6) is -1.19. The molecule has 8 heteroatoms. The number of likely N-dealkylation sites (N-methyl/N-ethyl adjacent to an activating group) is 1. The number of sulfonamides is 1. The van der Waals surface area contributed by atoms with Crippen LogP contribution in [0, 0.1) is 0 Å². The van der Waals surface area contributed by atoms with E-state index in [1.807, 2.05) is 0 Å². The van der Waals surface area contributed by atoms with E-state index in [4.69, 9.17) is 23.2 Å². The molecule has 0 fully saturated rings.